The van der Waals surface area contributed by atoms with Gasteiger partial charge in [0, 0.05) is 18.5 Å². The molecule has 3 aromatic heterocycles. The van der Waals surface area contributed by atoms with Gasteiger partial charge in [-0.3, -0.25) is 14.0 Å². The average molecular weight is 404 g/mol. The summed E-state index contributed by atoms with van der Waals surface area (Å²) in [5.74, 6) is 0.0648. The second kappa shape index (κ2) is 6.98. The lowest BCUT2D eigenvalue weighted by atomic mass is 9.76. The van der Waals surface area contributed by atoms with Crippen LogP contribution in [0.5, 0.6) is 0 Å². The summed E-state index contributed by atoms with van der Waals surface area (Å²) in [6, 6.07) is 13.0. The minimum atomic E-state index is -0.512. The van der Waals surface area contributed by atoms with Gasteiger partial charge < -0.3 is 8.98 Å². The molecular weight excluding hydrogens is 384 g/mol. The zero-order chi connectivity index (χ0) is 20.8. The lowest BCUT2D eigenvalue weighted by molar-refractivity contribution is 0.233. The van der Waals surface area contributed by atoms with Gasteiger partial charge in [-0.15, -0.1) is 5.10 Å². The van der Waals surface area contributed by atoms with Crippen molar-refractivity contribution in [1.29, 1.82) is 0 Å². The Balaban J connectivity index is 1.36. The SMILES string of the molecule is Cc1ccc(C2CC(n3nc(Cn4ccn5c(=O)cccc5c4=O)oc3=O)C2)cc1. The monoisotopic (exact) mass is 404 g/mol. The molecule has 0 bridgehead atoms. The molecule has 1 fully saturated rings. The van der Waals surface area contributed by atoms with Gasteiger partial charge in [0.05, 0.1) is 6.04 Å². The average Bonchev–Trinajstić information content (AvgIpc) is 3.05. The first-order valence-electron chi connectivity index (χ1n) is 9.85. The summed E-state index contributed by atoms with van der Waals surface area (Å²) in [5.41, 5.74) is 2.12. The van der Waals surface area contributed by atoms with E-state index >= 15 is 0 Å². The van der Waals surface area contributed by atoms with Crippen LogP contribution in [0.1, 0.15) is 41.8 Å². The molecule has 0 aliphatic heterocycles. The number of nitrogens with zero attached hydrogens (tertiary/aromatic N) is 4. The Labute approximate surface area is 170 Å². The summed E-state index contributed by atoms with van der Waals surface area (Å²) in [7, 11) is 0. The van der Waals surface area contributed by atoms with Crippen LogP contribution in [0.3, 0.4) is 0 Å². The Hall–Kier alpha value is -3.68. The molecule has 8 heteroatoms. The van der Waals surface area contributed by atoms with Crippen LogP contribution in [0.2, 0.25) is 0 Å². The third-order valence-electron chi connectivity index (χ3n) is 5.79. The number of fused-ring (bicyclic) bond motifs is 1. The van der Waals surface area contributed by atoms with Crippen molar-refractivity contribution in [3.05, 3.63) is 103 Å². The number of aryl methyl sites for hydroxylation is 1. The van der Waals surface area contributed by atoms with Gasteiger partial charge in [0.15, 0.2) is 0 Å². The van der Waals surface area contributed by atoms with Gasteiger partial charge >= 0.3 is 5.76 Å². The highest BCUT2D eigenvalue weighted by Gasteiger charge is 2.34. The number of hydrogen-bond donors (Lipinski definition) is 0. The Morgan fingerprint density at radius 1 is 1.03 bits per heavy atom. The first-order valence-corrected chi connectivity index (χ1v) is 9.85. The molecular formula is C22H20N4O4. The van der Waals surface area contributed by atoms with Gasteiger partial charge in [-0.2, -0.15) is 4.68 Å². The van der Waals surface area contributed by atoms with Crippen LogP contribution < -0.4 is 16.9 Å². The fourth-order valence-corrected chi connectivity index (χ4v) is 3.98. The molecule has 0 radical (unpaired) electrons. The van der Waals surface area contributed by atoms with Gasteiger partial charge in [0.25, 0.3) is 11.1 Å². The molecule has 1 aliphatic carbocycles. The van der Waals surface area contributed by atoms with Crippen LogP contribution in [0.4, 0.5) is 0 Å². The molecule has 0 saturated heterocycles. The third-order valence-corrected chi connectivity index (χ3v) is 5.79. The van der Waals surface area contributed by atoms with E-state index in [0.717, 1.165) is 12.8 Å². The van der Waals surface area contributed by atoms with Crippen molar-refractivity contribution in [2.24, 2.45) is 0 Å². The predicted octanol–water partition coefficient (Wildman–Crippen LogP) is 2.09. The smallest absolute Gasteiger partial charge is 0.390 e. The fraction of sp³-hybridized carbons (Fsp3) is 0.273. The molecule has 8 nitrogen and oxygen atoms in total. The summed E-state index contributed by atoms with van der Waals surface area (Å²) < 4.78 is 9.34. The Kier molecular flexibility index (Phi) is 4.27. The number of rotatable bonds is 4. The molecule has 152 valence electrons. The third kappa shape index (κ3) is 3.10. The molecule has 1 aliphatic rings. The Morgan fingerprint density at radius 2 is 1.80 bits per heavy atom. The van der Waals surface area contributed by atoms with E-state index in [0.29, 0.717) is 5.92 Å². The van der Waals surface area contributed by atoms with Crippen LogP contribution in [-0.2, 0) is 6.54 Å². The van der Waals surface area contributed by atoms with Crippen LogP contribution >= 0.6 is 0 Å². The molecule has 0 unspecified atom stereocenters. The van der Waals surface area contributed by atoms with Crippen molar-refractivity contribution in [2.45, 2.75) is 38.3 Å². The van der Waals surface area contributed by atoms with Crippen molar-refractivity contribution in [3.8, 4) is 0 Å². The van der Waals surface area contributed by atoms with Crippen LogP contribution in [0.25, 0.3) is 5.52 Å². The molecule has 0 amide bonds. The maximum atomic E-state index is 12.7. The normalized spacial score (nSPS) is 18.4. The molecule has 1 aromatic carbocycles. The highest BCUT2D eigenvalue weighted by atomic mass is 16.4. The van der Waals surface area contributed by atoms with Crippen molar-refractivity contribution in [3.63, 3.8) is 0 Å². The van der Waals surface area contributed by atoms with E-state index in [1.807, 2.05) is 0 Å². The molecule has 0 N–H and O–H groups in total. The fourth-order valence-electron chi connectivity index (χ4n) is 3.98. The van der Waals surface area contributed by atoms with E-state index in [1.165, 1.54) is 43.2 Å². The number of aromatic nitrogens is 4. The molecule has 5 rings (SSSR count). The van der Waals surface area contributed by atoms with Crippen LogP contribution in [0, 0.1) is 6.92 Å². The number of hydrogen-bond acceptors (Lipinski definition) is 5. The summed E-state index contributed by atoms with van der Waals surface area (Å²) in [6.45, 7) is 2.08. The second-order valence-electron chi connectivity index (χ2n) is 7.79. The number of pyridine rings is 1. The first kappa shape index (κ1) is 18.4. The largest absolute Gasteiger partial charge is 0.437 e. The van der Waals surface area contributed by atoms with Gasteiger partial charge in [-0.25, -0.2) is 4.79 Å². The molecule has 4 aromatic rings. The zero-order valence-corrected chi connectivity index (χ0v) is 16.4. The van der Waals surface area contributed by atoms with E-state index in [9.17, 15) is 14.4 Å². The van der Waals surface area contributed by atoms with Gasteiger partial charge in [-0.1, -0.05) is 35.9 Å². The Bertz CT molecular complexity index is 1400. The van der Waals surface area contributed by atoms with Crippen molar-refractivity contribution >= 4 is 5.52 Å². The van der Waals surface area contributed by atoms with Crippen molar-refractivity contribution < 1.29 is 4.42 Å². The standard InChI is InChI=1S/C22H20N4O4/c1-14-5-7-15(8-6-14)16-11-17(12-16)26-22(29)30-19(23-26)13-24-9-10-25-18(21(24)28)3-2-4-20(25)27/h2-10,16-17H,11-13H2,1H3. The van der Waals surface area contributed by atoms with E-state index in [1.54, 1.807) is 12.1 Å². The summed E-state index contributed by atoms with van der Waals surface area (Å²) >= 11 is 0. The van der Waals surface area contributed by atoms with E-state index in [4.69, 9.17) is 4.42 Å². The maximum Gasteiger partial charge on any atom is 0.437 e. The van der Waals surface area contributed by atoms with E-state index in [2.05, 4.69) is 36.3 Å². The van der Waals surface area contributed by atoms with Gasteiger partial charge in [-0.05, 0) is 37.3 Å². The van der Waals surface area contributed by atoms with Crippen LogP contribution in [0.15, 0.2) is 73.7 Å². The molecule has 30 heavy (non-hydrogen) atoms. The van der Waals surface area contributed by atoms with Gasteiger partial charge in [0.2, 0.25) is 5.89 Å². The number of benzene rings is 1. The highest BCUT2D eigenvalue weighted by molar-refractivity contribution is 5.43. The lowest BCUT2D eigenvalue weighted by Gasteiger charge is -2.34. The first-order chi connectivity index (χ1) is 14.5. The van der Waals surface area contributed by atoms with Crippen molar-refractivity contribution in [2.75, 3.05) is 0 Å². The minimum Gasteiger partial charge on any atom is -0.390 e. The summed E-state index contributed by atoms with van der Waals surface area (Å²) in [5, 5.41) is 4.32. The molecule has 3 heterocycles. The van der Waals surface area contributed by atoms with Crippen molar-refractivity contribution in [1.82, 2.24) is 18.7 Å². The molecule has 1 saturated carbocycles. The Morgan fingerprint density at radius 3 is 2.57 bits per heavy atom. The topological polar surface area (TPSA) is 91.5 Å². The summed E-state index contributed by atoms with van der Waals surface area (Å²) in [4.78, 5) is 36.8. The minimum absolute atomic E-state index is 0.00629. The quantitative estimate of drug-likeness (QED) is 0.519. The molecule has 0 spiro atoms. The predicted molar refractivity (Wildman–Crippen MR) is 110 cm³/mol. The second-order valence-corrected chi connectivity index (χ2v) is 7.79. The highest BCUT2D eigenvalue weighted by Crippen LogP contribution is 2.43. The van der Waals surface area contributed by atoms with Gasteiger partial charge in [0.1, 0.15) is 12.1 Å². The maximum absolute atomic E-state index is 12.7. The lowest BCUT2D eigenvalue weighted by Crippen LogP contribution is -2.32. The van der Waals surface area contributed by atoms with Crippen LogP contribution in [-0.4, -0.2) is 18.7 Å². The van der Waals surface area contributed by atoms with E-state index in [-0.39, 0.29) is 35.1 Å². The molecule has 0 atom stereocenters. The van der Waals surface area contributed by atoms with E-state index < -0.39 is 5.76 Å². The summed E-state index contributed by atoms with van der Waals surface area (Å²) in [6.07, 6.45) is 4.67. The zero-order valence-electron chi connectivity index (χ0n) is 16.4.